The van der Waals surface area contributed by atoms with Gasteiger partial charge in [-0.3, -0.25) is 4.90 Å². The first-order valence-electron chi connectivity index (χ1n) is 15.2. The van der Waals surface area contributed by atoms with Gasteiger partial charge in [0.15, 0.2) is 5.75 Å². The van der Waals surface area contributed by atoms with Crippen molar-refractivity contribution in [2.75, 3.05) is 33.4 Å². The van der Waals surface area contributed by atoms with Gasteiger partial charge in [0.2, 0.25) is 0 Å². The smallest absolute Gasteiger partial charge is 0.160 e. The zero-order valence-corrected chi connectivity index (χ0v) is 28.5. The second-order valence-corrected chi connectivity index (χ2v) is 14.1. The van der Waals surface area contributed by atoms with Crippen LogP contribution in [0.15, 0.2) is 106 Å². The maximum Gasteiger partial charge on any atom is 0.160 e. The Morgan fingerprint density at radius 3 is 2.27 bits per heavy atom. The second-order valence-electron chi connectivity index (χ2n) is 10.8. The number of methoxy groups -OCH3 is 1. The molecule has 3 heterocycles. The van der Waals surface area contributed by atoms with Gasteiger partial charge in [-0.25, -0.2) is 0 Å². The third-order valence-electron chi connectivity index (χ3n) is 7.66. The molecule has 45 heavy (non-hydrogen) atoms. The number of likely N-dealkylation sites (tertiary alicyclic amines) is 1. The summed E-state index contributed by atoms with van der Waals surface area (Å²) in [5.41, 5.74) is 1.15. The molecule has 1 saturated heterocycles. The van der Waals surface area contributed by atoms with Gasteiger partial charge in [0.1, 0.15) is 40.0 Å². The van der Waals surface area contributed by atoms with Crippen LogP contribution in [0.4, 0.5) is 0 Å². The van der Waals surface area contributed by atoms with E-state index in [1.807, 2.05) is 54.6 Å². The molecule has 1 fully saturated rings. The van der Waals surface area contributed by atoms with Crippen molar-refractivity contribution in [1.82, 2.24) is 4.90 Å². The van der Waals surface area contributed by atoms with Crippen molar-refractivity contribution in [1.29, 1.82) is 0 Å². The number of ether oxygens (including phenoxy) is 4. The van der Waals surface area contributed by atoms with Gasteiger partial charge in [-0.1, -0.05) is 36.8 Å². The predicted octanol–water partition coefficient (Wildman–Crippen LogP) is 10.8. The van der Waals surface area contributed by atoms with Crippen LogP contribution < -0.4 is 18.9 Å². The monoisotopic (exact) mass is 701 g/mol. The molecule has 0 unspecified atom stereocenters. The Morgan fingerprint density at radius 2 is 1.47 bits per heavy atom. The van der Waals surface area contributed by atoms with Gasteiger partial charge in [0, 0.05) is 21.3 Å². The number of thiophene rings is 2. The largest absolute Gasteiger partial charge is 0.497 e. The molecule has 0 amide bonds. The number of hydrogen-bond acceptors (Lipinski definition) is 7. The van der Waals surface area contributed by atoms with Gasteiger partial charge in [0.05, 0.1) is 7.11 Å². The summed E-state index contributed by atoms with van der Waals surface area (Å²) in [5, 5.41) is 4.44. The fourth-order valence-electron chi connectivity index (χ4n) is 5.21. The van der Waals surface area contributed by atoms with Crippen LogP contribution >= 0.6 is 38.6 Å². The molecule has 8 heteroatoms. The van der Waals surface area contributed by atoms with Crippen molar-refractivity contribution in [3.8, 4) is 28.7 Å². The first kappa shape index (κ1) is 31.4. The summed E-state index contributed by atoms with van der Waals surface area (Å²) in [6.07, 6.45) is 3.97. The molecule has 0 N–H and O–H groups in total. The van der Waals surface area contributed by atoms with Crippen molar-refractivity contribution in [2.24, 2.45) is 0 Å². The molecular weight excluding hydrogens is 666 g/mol. The van der Waals surface area contributed by atoms with Crippen LogP contribution in [0.3, 0.4) is 0 Å². The molecule has 232 valence electrons. The Balaban J connectivity index is 0.000000272. The van der Waals surface area contributed by atoms with E-state index in [4.69, 9.17) is 18.9 Å². The number of rotatable bonds is 10. The minimum atomic E-state index is 0.550. The number of benzene rings is 4. The number of nitrogens with zero attached hydrogens (tertiary/aromatic N) is 1. The molecule has 0 atom stereocenters. The van der Waals surface area contributed by atoms with Crippen LogP contribution in [-0.2, 0) is 6.61 Å². The Kier molecular flexibility index (Phi) is 10.9. The molecule has 2 aromatic heterocycles. The lowest BCUT2D eigenvalue weighted by atomic mass is 10.1. The highest BCUT2D eigenvalue weighted by atomic mass is 79.9. The zero-order valence-electron chi connectivity index (χ0n) is 25.2. The van der Waals surface area contributed by atoms with Crippen LogP contribution in [0, 0.1) is 0 Å². The molecule has 7 rings (SSSR count). The van der Waals surface area contributed by atoms with E-state index in [-0.39, 0.29) is 0 Å². The molecular formula is C37H36BrNO4S2. The van der Waals surface area contributed by atoms with E-state index in [2.05, 4.69) is 68.7 Å². The van der Waals surface area contributed by atoms with Gasteiger partial charge in [-0.05, 0) is 125 Å². The average molecular weight is 703 g/mol. The first-order chi connectivity index (χ1) is 22.1. The highest BCUT2D eigenvalue weighted by molar-refractivity contribution is 9.11. The molecule has 0 aliphatic carbocycles. The normalized spacial score (nSPS) is 13.3. The first-order valence-corrected chi connectivity index (χ1v) is 17.7. The molecule has 0 saturated carbocycles. The molecule has 4 aromatic carbocycles. The van der Waals surface area contributed by atoms with E-state index in [1.54, 1.807) is 29.8 Å². The van der Waals surface area contributed by atoms with Gasteiger partial charge in [-0.2, -0.15) is 0 Å². The maximum absolute atomic E-state index is 6.25. The summed E-state index contributed by atoms with van der Waals surface area (Å²) in [7, 11) is 1.69. The fourth-order valence-corrected chi connectivity index (χ4v) is 7.73. The van der Waals surface area contributed by atoms with Crippen LogP contribution in [0.25, 0.3) is 20.2 Å². The van der Waals surface area contributed by atoms with Crippen LogP contribution in [-0.4, -0.2) is 38.3 Å². The predicted molar refractivity (Wildman–Crippen MR) is 191 cm³/mol. The Morgan fingerprint density at radius 1 is 0.733 bits per heavy atom. The molecule has 0 spiro atoms. The van der Waals surface area contributed by atoms with Gasteiger partial charge in [-0.15, -0.1) is 22.7 Å². The van der Waals surface area contributed by atoms with Crippen molar-refractivity contribution >= 4 is 58.8 Å². The molecule has 5 nitrogen and oxygen atoms in total. The molecule has 1 aliphatic rings. The minimum absolute atomic E-state index is 0.550. The van der Waals surface area contributed by atoms with Crippen molar-refractivity contribution in [3.63, 3.8) is 0 Å². The topological polar surface area (TPSA) is 40.2 Å². The maximum atomic E-state index is 6.25. The van der Waals surface area contributed by atoms with Crippen LogP contribution in [0.1, 0.15) is 24.8 Å². The standard InChI is InChI=1S/C28H28BrNO3S.C9H8OS/c29-28-27(25-14-13-24(19-26(25)34-28)32-20-21-7-3-1-4-8-21)33-23-11-9-22(10-12-23)31-18-17-30-15-5-2-6-16-30;1-10-8-3-2-7-4-5-11-9(7)6-8/h1,3-4,7-14,19H,2,5-6,15-18,20H2;2-6H,1H3. The summed E-state index contributed by atoms with van der Waals surface area (Å²) in [4.78, 5) is 2.48. The van der Waals surface area contributed by atoms with Crippen molar-refractivity contribution in [3.05, 3.63) is 112 Å². The highest BCUT2D eigenvalue weighted by Gasteiger charge is 2.14. The number of hydrogen-bond donors (Lipinski definition) is 0. The molecule has 0 radical (unpaired) electrons. The van der Waals surface area contributed by atoms with E-state index < -0.39 is 0 Å². The Hall–Kier alpha value is -3.56. The third kappa shape index (κ3) is 8.58. The van der Waals surface area contributed by atoms with Gasteiger partial charge < -0.3 is 18.9 Å². The summed E-state index contributed by atoms with van der Waals surface area (Å²) < 4.78 is 26.6. The quantitative estimate of drug-likeness (QED) is 0.142. The number of halogens is 1. The fraction of sp³-hybridized carbons (Fsp3) is 0.243. The van der Waals surface area contributed by atoms with Crippen molar-refractivity contribution in [2.45, 2.75) is 25.9 Å². The van der Waals surface area contributed by atoms with Crippen molar-refractivity contribution < 1.29 is 18.9 Å². The highest BCUT2D eigenvalue weighted by Crippen LogP contribution is 2.45. The zero-order chi connectivity index (χ0) is 30.8. The second kappa shape index (κ2) is 15.6. The summed E-state index contributed by atoms with van der Waals surface area (Å²) in [6, 6.07) is 32.4. The molecule has 0 bridgehead atoms. The lowest BCUT2D eigenvalue weighted by Gasteiger charge is -2.26. The van der Waals surface area contributed by atoms with E-state index in [9.17, 15) is 0 Å². The Labute approximate surface area is 281 Å². The third-order valence-corrected chi connectivity index (χ3v) is 10.3. The van der Waals surface area contributed by atoms with E-state index >= 15 is 0 Å². The van der Waals surface area contributed by atoms with Crippen LogP contribution in [0.2, 0.25) is 0 Å². The minimum Gasteiger partial charge on any atom is -0.497 e. The number of piperidine rings is 1. The lowest BCUT2D eigenvalue weighted by Crippen LogP contribution is -2.33. The lowest BCUT2D eigenvalue weighted by molar-refractivity contribution is 0.183. The van der Waals surface area contributed by atoms with E-state index in [1.165, 1.54) is 42.4 Å². The van der Waals surface area contributed by atoms with Gasteiger partial charge >= 0.3 is 0 Å². The summed E-state index contributed by atoms with van der Waals surface area (Å²) in [5.74, 6) is 4.27. The van der Waals surface area contributed by atoms with Gasteiger partial charge in [0.25, 0.3) is 0 Å². The SMILES string of the molecule is Brc1sc2cc(OCc3ccccc3)ccc2c1Oc1ccc(OCCN2CCCCC2)cc1.COc1ccc2ccsc2c1. The summed E-state index contributed by atoms with van der Waals surface area (Å²) in [6.45, 7) is 4.65. The molecule has 6 aromatic rings. The van der Waals surface area contributed by atoms with E-state index in [0.717, 1.165) is 61.3 Å². The van der Waals surface area contributed by atoms with Crippen LogP contribution in [0.5, 0.6) is 28.7 Å². The number of fused-ring (bicyclic) bond motifs is 2. The van der Waals surface area contributed by atoms with E-state index in [0.29, 0.717) is 6.61 Å². The average Bonchev–Trinajstić information content (AvgIpc) is 3.68. The summed E-state index contributed by atoms with van der Waals surface area (Å²) >= 11 is 7.06. The molecule has 1 aliphatic heterocycles. The Bertz CT molecular complexity index is 1800.